The molecule has 0 fully saturated rings. The fraction of sp³-hybridized carbons (Fsp3) is 0.185. The molecule has 0 spiro atoms. The highest BCUT2D eigenvalue weighted by molar-refractivity contribution is 7.80. The Balaban J connectivity index is 1.46. The zero-order valence-corrected chi connectivity index (χ0v) is 19.9. The van der Waals surface area contributed by atoms with Crippen LogP contribution in [0.15, 0.2) is 71.5 Å². The lowest BCUT2D eigenvalue weighted by molar-refractivity contribution is 0.174. The highest BCUT2D eigenvalue weighted by Crippen LogP contribution is 2.33. The van der Waals surface area contributed by atoms with E-state index in [1.165, 1.54) is 0 Å². The Hall–Kier alpha value is -3.84. The van der Waals surface area contributed by atoms with Crippen LogP contribution in [0.5, 0.6) is 11.5 Å². The summed E-state index contributed by atoms with van der Waals surface area (Å²) >= 11 is 5.80. The molecule has 172 valence electrons. The Bertz CT molecular complexity index is 1450. The van der Waals surface area contributed by atoms with Crippen molar-refractivity contribution in [2.24, 2.45) is 0 Å². The first-order valence-corrected chi connectivity index (χ1v) is 11.5. The first kappa shape index (κ1) is 22.0. The molecule has 5 rings (SSSR count). The van der Waals surface area contributed by atoms with Crippen LogP contribution in [0.1, 0.15) is 22.3 Å². The van der Waals surface area contributed by atoms with Gasteiger partial charge in [0.1, 0.15) is 0 Å². The molecule has 0 amide bonds. The summed E-state index contributed by atoms with van der Waals surface area (Å²) in [5.41, 5.74) is 5.50. The van der Waals surface area contributed by atoms with Gasteiger partial charge in [-0.2, -0.15) is 0 Å². The Kier molecular flexibility index (Phi) is 5.94. The topological polar surface area (TPSA) is 66.6 Å². The van der Waals surface area contributed by atoms with Crippen molar-refractivity contribution in [2.45, 2.75) is 26.9 Å². The monoisotopic (exact) mass is 471 g/mol. The number of thiocarbonyl (C=S) groups is 1. The van der Waals surface area contributed by atoms with E-state index in [2.05, 4.69) is 10.3 Å². The van der Waals surface area contributed by atoms with Crippen molar-refractivity contribution in [1.82, 2.24) is 9.88 Å². The van der Waals surface area contributed by atoms with Crippen LogP contribution < -0.4 is 20.3 Å². The Morgan fingerprint density at radius 1 is 0.971 bits per heavy atom. The van der Waals surface area contributed by atoms with Gasteiger partial charge in [-0.25, -0.2) is 0 Å². The van der Waals surface area contributed by atoms with E-state index in [0.29, 0.717) is 29.5 Å². The van der Waals surface area contributed by atoms with E-state index in [1.54, 1.807) is 0 Å². The summed E-state index contributed by atoms with van der Waals surface area (Å²) in [4.78, 5) is 17.9. The SMILES string of the molecule is Cc1cccc(NC(=S)N(Cc2ccc3c(c2)OCO3)Cc2cc3ccc(C)cc3[nH]c2=O)c1. The maximum atomic E-state index is 12.9. The maximum Gasteiger partial charge on any atom is 0.253 e. The van der Waals surface area contributed by atoms with Crippen LogP contribution >= 0.6 is 12.2 Å². The van der Waals surface area contributed by atoms with Crippen molar-refractivity contribution in [1.29, 1.82) is 0 Å². The Morgan fingerprint density at radius 3 is 2.65 bits per heavy atom. The minimum absolute atomic E-state index is 0.118. The van der Waals surface area contributed by atoms with Gasteiger partial charge in [0.2, 0.25) is 6.79 Å². The number of aryl methyl sites for hydroxylation is 2. The van der Waals surface area contributed by atoms with E-state index >= 15 is 0 Å². The van der Waals surface area contributed by atoms with Crippen molar-refractivity contribution < 1.29 is 9.47 Å². The zero-order chi connectivity index (χ0) is 23.7. The van der Waals surface area contributed by atoms with Gasteiger partial charge in [-0.1, -0.05) is 30.3 Å². The molecule has 1 aliphatic rings. The number of anilines is 1. The van der Waals surface area contributed by atoms with Crippen molar-refractivity contribution in [3.8, 4) is 11.5 Å². The standard InChI is InChI=1S/C27H25N3O3S/c1-17-4-3-5-22(10-17)28-27(34)30(14-19-7-9-24-25(12-19)33-16-32-24)15-21-13-20-8-6-18(2)11-23(20)29-26(21)31/h3-13H,14-16H2,1-2H3,(H,28,34)(H,29,31). The summed E-state index contributed by atoms with van der Waals surface area (Å²) in [6, 6.07) is 21.9. The molecule has 1 aliphatic heterocycles. The summed E-state index contributed by atoms with van der Waals surface area (Å²) in [6.07, 6.45) is 0. The lowest BCUT2D eigenvalue weighted by Crippen LogP contribution is -2.35. The zero-order valence-electron chi connectivity index (χ0n) is 19.1. The summed E-state index contributed by atoms with van der Waals surface area (Å²) in [5.74, 6) is 1.45. The fourth-order valence-corrected chi connectivity index (χ4v) is 4.31. The van der Waals surface area contributed by atoms with Crippen LogP contribution in [0.25, 0.3) is 10.9 Å². The number of hydrogen-bond acceptors (Lipinski definition) is 4. The smallest absolute Gasteiger partial charge is 0.253 e. The van der Waals surface area contributed by atoms with Gasteiger partial charge in [-0.15, -0.1) is 0 Å². The minimum atomic E-state index is -0.118. The van der Waals surface area contributed by atoms with Crippen molar-refractivity contribution >= 4 is 33.9 Å². The second-order valence-electron chi connectivity index (χ2n) is 8.56. The highest BCUT2D eigenvalue weighted by atomic mass is 32.1. The number of pyridine rings is 1. The number of rotatable bonds is 5. The maximum absolute atomic E-state index is 12.9. The molecule has 1 aromatic heterocycles. The van der Waals surface area contributed by atoms with Crippen LogP contribution in [0.3, 0.4) is 0 Å². The predicted octanol–water partition coefficient (Wildman–Crippen LogP) is 5.27. The lowest BCUT2D eigenvalue weighted by atomic mass is 10.1. The van der Waals surface area contributed by atoms with Crippen molar-refractivity contribution in [3.05, 3.63) is 99.3 Å². The molecule has 3 aromatic carbocycles. The number of aromatic amines is 1. The second kappa shape index (κ2) is 9.19. The number of H-pyrrole nitrogens is 1. The number of fused-ring (bicyclic) bond motifs is 2. The molecule has 0 bridgehead atoms. The molecule has 7 heteroatoms. The van der Waals surface area contributed by atoms with Crippen LogP contribution in [-0.2, 0) is 13.1 Å². The molecule has 4 aromatic rings. The summed E-state index contributed by atoms with van der Waals surface area (Å²) in [5, 5.41) is 4.85. The molecular formula is C27H25N3O3S. The van der Waals surface area contributed by atoms with E-state index < -0.39 is 0 Å². The molecule has 2 heterocycles. The summed E-state index contributed by atoms with van der Waals surface area (Å²) in [6.45, 7) is 5.12. The Labute approximate surface area is 203 Å². The van der Waals surface area contributed by atoms with Crippen LogP contribution in [0, 0.1) is 13.8 Å². The lowest BCUT2D eigenvalue weighted by Gasteiger charge is -2.26. The molecule has 6 nitrogen and oxygen atoms in total. The van der Waals surface area contributed by atoms with E-state index in [4.69, 9.17) is 21.7 Å². The fourth-order valence-electron chi connectivity index (χ4n) is 4.07. The van der Waals surface area contributed by atoms with Gasteiger partial charge >= 0.3 is 0 Å². The molecule has 0 saturated carbocycles. The molecular weight excluding hydrogens is 446 g/mol. The molecule has 0 atom stereocenters. The number of hydrogen-bond donors (Lipinski definition) is 2. The van der Waals surface area contributed by atoms with E-state index in [0.717, 1.165) is 39.0 Å². The highest BCUT2D eigenvalue weighted by Gasteiger charge is 2.18. The van der Waals surface area contributed by atoms with Gasteiger partial charge in [0.05, 0.1) is 6.54 Å². The first-order valence-electron chi connectivity index (χ1n) is 11.1. The van der Waals surface area contributed by atoms with E-state index in [9.17, 15) is 4.79 Å². The van der Waals surface area contributed by atoms with Crippen LogP contribution in [0.4, 0.5) is 5.69 Å². The first-order chi connectivity index (χ1) is 16.4. The third-order valence-corrected chi connectivity index (χ3v) is 6.17. The number of aromatic nitrogens is 1. The third-order valence-electron chi connectivity index (χ3n) is 5.81. The average molecular weight is 472 g/mol. The minimum Gasteiger partial charge on any atom is -0.454 e. The van der Waals surface area contributed by atoms with Gasteiger partial charge in [0.15, 0.2) is 16.6 Å². The number of nitrogens with zero attached hydrogens (tertiary/aromatic N) is 1. The molecule has 2 N–H and O–H groups in total. The van der Waals surface area contributed by atoms with Gasteiger partial charge in [0, 0.05) is 23.3 Å². The predicted molar refractivity (Wildman–Crippen MR) is 139 cm³/mol. The third kappa shape index (κ3) is 4.75. The molecule has 0 aliphatic carbocycles. The molecule has 0 unspecified atom stereocenters. The number of ether oxygens (including phenoxy) is 2. The molecule has 34 heavy (non-hydrogen) atoms. The average Bonchev–Trinajstić information content (AvgIpc) is 3.27. The largest absolute Gasteiger partial charge is 0.454 e. The van der Waals surface area contributed by atoms with Gasteiger partial charge in [-0.05, 0) is 84.5 Å². The summed E-state index contributed by atoms with van der Waals surface area (Å²) in [7, 11) is 0. The normalized spacial score (nSPS) is 12.1. The van der Waals surface area contributed by atoms with Gasteiger partial charge in [-0.3, -0.25) is 4.79 Å². The van der Waals surface area contributed by atoms with Crippen molar-refractivity contribution in [2.75, 3.05) is 12.1 Å². The van der Waals surface area contributed by atoms with Crippen LogP contribution in [0.2, 0.25) is 0 Å². The molecule has 0 radical (unpaired) electrons. The van der Waals surface area contributed by atoms with Gasteiger partial charge in [0.25, 0.3) is 5.56 Å². The Morgan fingerprint density at radius 2 is 1.79 bits per heavy atom. The molecule has 0 saturated heterocycles. The number of nitrogens with one attached hydrogen (secondary N) is 2. The van der Waals surface area contributed by atoms with E-state index in [-0.39, 0.29) is 12.4 Å². The second-order valence-corrected chi connectivity index (χ2v) is 8.94. The van der Waals surface area contributed by atoms with Crippen LogP contribution in [-0.4, -0.2) is 21.8 Å². The number of benzene rings is 3. The van der Waals surface area contributed by atoms with Crippen molar-refractivity contribution in [3.63, 3.8) is 0 Å². The van der Waals surface area contributed by atoms with Gasteiger partial charge < -0.3 is 24.7 Å². The quantitative estimate of drug-likeness (QED) is 0.387. The summed E-state index contributed by atoms with van der Waals surface area (Å²) < 4.78 is 11.0. The van der Waals surface area contributed by atoms with E-state index in [1.807, 2.05) is 85.5 Å².